The predicted molar refractivity (Wildman–Crippen MR) is 95.0 cm³/mol. The summed E-state index contributed by atoms with van der Waals surface area (Å²) in [7, 11) is 1.34. The Kier molecular flexibility index (Phi) is 6.14. The largest absolute Gasteiger partial charge is 0.433 e. The van der Waals surface area contributed by atoms with Crippen molar-refractivity contribution in [3.05, 3.63) is 0 Å². The summed E-state index contributed by atoms with van der Waals surface area (Å²) in [6, 6.07) is 1.35. The van der Waals surface area contributed by atoms with Crippen LogP contribution in [-0.4, -0.2) is 39.6 Å². The monoisotopic (exact) mass is 327 g/mol. The van der Waals surface area contributed by atoms with Gasteiger partial charge in [0, 0.05) is 31.3 Å². The van der Waals surface area contributed by atoms with Crippen LogP contribution in [0.1, 0.15) is 79.1 Å². The molecule has 22 heavy (non-hydrogen) atoms. The van der Waals surface area contributed by atoms with Crippen LogP contribution in [0.4, 0.5) is 0 Å². The molecule has 0 N–H and O–H groups in total. The van der Waals surface area contributed by atoms with Gasteiger partial charge in [-0.2, -0.15) is 0 Å². The van der Waals surface area contributed by atoms with Gasteiger partial charge >= 0.3 is 8.72 Å². The minimum atomic E-state index is -2.46. The van der Waals surface area contributed by atoms with E-state index < -0.39 is 8.72 Å². The molecule has 0 heterocycles. The highest BCUT2D eigenvalue weighted by molar-refractivity contribution is 6.68. The lowest BCUT2D eigenvalue weighted by Gasteiger charge is -2.53. The van der Waals surface area contributed by atoms with Gasteiger partial charge in [-0.3, -0.25) is 4.57 Å². The van der Waals surface area contributed by atoms with E-state index in [4.69, 9.17) is 8.85 Å². The summed E-state index contributed by atoms with van der Waals surface area (Å²) < 4.78 is 15.5. The fourth-order valence-electron chi connectivity index (χ4n) is 4.66. The molecule has 0 atom stereocenters. The first-order valence-electron chi connectivity index (χ1n) is 9.29. The van der Waals surface area contributed by atoms with Crippen LogP contribution in [0.3, 0.4) is 0 Å². The Balaban J connectivity index is 2.42. The summed E-state index contributed by atoms with van der Waals surface area (Å²) in [5.74, 6) is 0.546. The first-order valence-corrected chi connectivity index (χ1v) is 11.1. The van der Waals surface area contributed by atoms with Gasteiger partial charge in [-0.25, -0.2) is 0 Å². The maximum absolute atomic E-state index is 6.34. The molecular formula is C18H37NO2Si. The zero-order chi connectivity index (χ0) is 16.4. The van der Waals surface area contributed by atoms with E-state index in [1.54, 1.807) is 0 Å². The lowest BCUT2D eigenvalue weighted by atomic mass is 9.99. The van der Waals surface area contributed by atoms with Crippen LogP contribution in [0, 0.1) is 5.92 Å². The molecule has 0 saturated heterocycles. The Morgan fingerprint density at radius 1 is 0.864 bits per heavy atom. The van der Waals surface area contributed by atoms with E-state index in [0.29, 0.717) is 18.0 Å². The van der Waals surface area contributed by atoms with Gasteiger partial charge in [-0.1, -0.05) is 53.4 Å². The molecule has 0 amide bonds. The lowest BCUT2D eigenvalue weighted by molar-refractivity contribution is 0.0762. The van der Waals surface area contributed by atoms with Gasteiger partial charge in [0.1, 0.15) is 0 Å². The molecule has 0 aromatic carbocycles. The standard InChI is InChI=1S/C18H37NO2Si/c1-15(2)18(3,4)22(20-5,21-6)19(16-11-7-8-12-16)17-13-9-10-14-17/h15-17H,7-14H2,1-6H3. The van der Waals surface area contributed by atoms with Crippen molar-refractivity contribution in [3.8, 4) is 0 Å². The molecule has 0 unspecified atom stereocenters. The second-order valence-corrected chi connectivity index (χ2v) is 11.9. The topological polar surface area (TPSA) is 21.7 Å². The zero-order valence-corrected chi connectivity index (χ0v) is 16.7. The molecule has 130 valence electrons. The minimum Gasteiger partial charge on any atom is -0.386 e. The second kappa shape index (κ2) is 7.33. The molecule has 0 radical (unpaired) electrons. The Morgan fingerprint density at radius 3 is 1.50 bits per heavy atom. The number of rotatable bonds is 7. The summed E-state index contributed by atoms with van der Waals surface area (Å²) in [5.41, 5.74) is 0. The molecular weight excluding hydrogens is 290 g/mol. The highest BCUT2D eigenvalue weighted by Crippen LogP contribution is 2.50. The molecule has 0 aliphatic heterocycles. The van der Waals surface area contributed by atoms with E-state index in [2.05, 4.69) is 32.3 Å². The molecule has 0 spiro atoms. The Hall–Kier alpha value is 0.0969. The van der Waals surface area contributed by atoms with Crippen molar-refractivity contribution in [1.29, 1.82) is 0 Å². The zero-order valence-electron chi connectivity index (χ0n) is 15.7. The number of nitrogens with zero attached hydrogens (tertiary/aromatic N) is 1. The maximum atomic E-state index is 6.34. The van der Waals surface area contributed by atoms with E-state index in [-0.39, 0.29) is 5.04 Å². The molecule has 3 nitrogen and oxygen atoms in total. The van der Waals surface area contributed by atoms with Crippen LogP contribution in [0.25, 0.3) is 0 Å². The lowest BCUT2D eigenvalue weighted by Crippen LogP contribution is -2.69. The van der Waals surface area contributed by atoms with Gasteiger partial charge in [0.25, 0.3) is 0 Å². The average Bonchev–Trinajstić information content (AvgIpc) is 3.17. The van der Waals surface area contributed by atoms with Crippen LogP contribution < -0.4 is 0 Å². The van der Waals surface area contributed by atoms with E-state index >= 15 is 0 Å². The summed E-state index contributed by atoms with van der Waals surface area (Å²) in [6.07, 6.45) is 10.8. The summed E-state index contributed by atoms with van der Waals surface area (Å²) >= 11 is 0. The van der Waals surface area contributed by atoms with Gasteiger partial charge in [0.05, 0.1) is 0 Å². The summed E-state index contributed by atoms with van der Waals surface area (Å²) in [6.45, 7) is 9.38. The third kappa shape index (κ3) is 3.04. The molecule has 2 rings (SSSR count). The first kappa shape index (κ1) is 18.4. The number of hydrogen-bond acceptors (Lipinski definition) is 3. The maximum Gasteiger partial charge on any atom is 0.433 e. The second-order valence-electron chi connectivity index (χ2n) is 8.15. The molecule has 2 saturated carbocycles. The molecule has 2 aliphatic carbocycles. The van der Waals surface area contributed by atoms with Crippen molar-refractivity contribution in [2.75, 3.05) is 14.2 Å². The van der Waals surface area contributed by atoms with E-state index in [9.17, 15) is 0 Å². The minimum absolute atomic E-state index is 0.0711. The van der Waals surface area contributed by atoms with Crippen molar-refractivity contribution in [2.24, 2.45) is 5.92 Å². The van der Waals surface area contributed by atoms with Crippen LogP contribution in [0.5, 0.6) is 0 Å². The summed E-state index contributed by atoms with van der Waals surface area (Å²) in [5, 5.41) is 0.0711. The highest BCUT2D eigenvalue weighted by Gasteiger charge is 2.61. The third-order valence-corrected chi connectivity index (χ3v) is 11.3. The van der Waals surface area contributed by atoms with Crippen molar-refractivity contribution in [3.63, 3.8) is 0 Å². The molecule has 0 bridgehead atoms. The normalized spacial score (nSPS) is 22.4. The Labute approximate surface area is 139 Å². The van der Waals surface area contributed by atoms with Crippen LogP contribution in [-0.2, 0) is 8.85 Å². The van der Waals surface area contributed by atoms with Crippen molar-refractivity contribution >= 4 is 8.72 Å². The van der Waals surface area contributed by atoms with Crippen molar-refractivity contribution in [2.45, 2.75) is 96.2 Å². The predicted octanol–water partition coefficient (Wildman–Crippen LogP) is 4.84. The van der Waals surface area contributed by atoms with Gasteiger partial charge in [0.15, 0.2) is 0 Å². The fourth-order valence-corrected chi connectivity index (χ4v) is 9.17. The van der Waals surface area contributed by atoms with E-state index in [1.165, 1.54) is 51.4 Å². The summed E-state index contributed by atoms with van der Waals surface area (Å²) in [4.78, 5) is 0. The molecule has 4 heteroatoms. The third-order valence-electron chi connectivity index (χ3n) is 6.59. The van der Waals surface area contributed by atoms with Gasteiger partial charge in [-0.05, 0) is 31.6 Å². The van der Waals surface area contributed by atoms with Crippen LogP contribution >= 0.6 is 0 Å². The Bertz CT molecular complexity index is 327. The quantitative estimate of drug-likeness (QED) is 0.624. The van der Waals surface area contributed by atoms with Crippen LogP contribution in [0.15, 0.2) is 0 Å². The van der Waals surface area contributed by atoms with Gasteiger partial charge in [-0.15, -0.1) is 0 Å². The van der Waals surface area contributed by atoms with Gasteiger partial charge in [0.2, 0.25) is 0 Å². The van der Waals surface area contributed by atoms with Crippen molar-refractivity contribution in [1.82, 2.24) is 4.57 Å². The molecule has 2 fully saturated rings. The number of hydrogen-bond donors (Lipinski definition) is 0. The molecule has 2 aliphatic rings. The smallest absolute Gasteiger partial charge is 0.386 e. The average molecular weight is 328 g/mol. The highest BCUT2D eigenvalue weighted by atomic mass is 28.4. The fraction of sp³-hybridized carbons (Fsp3) is 1.00. The van der Waals surface area contributed by atoms with E-state index in [1.807, 2.05) is 14.2 Å². The van der Waals surface area contributed by atoms with Gasteiger partial charge < -0.3 is 8.85 Å². The van der Waals surface area contributed by atoms with Crippen molar-refractivity contribution < 1.29 is 8.85 Å². The SMILES string of the molecule is CO[Si](OC)(N(C1CCCC1)C1CCCC1)C(C)(C)C(C)C. The molecule has 0 aromatic heterocycles. The van der Waals surface area contributed by atoms with Crippen LogP contribution in [0.2, 0.25) is 5.04 Å². The first-order chi connectivity index (χ1) is 10.4. The van der Waals surface area contributed by atoms with E-state index in [0.717, 1.165) is 0 Å². The molecule has 0 aromatic rings. The Morgan fingerprint density at radius 2 is 1.23 bits per heavy atom.